The fourth-order valence-electron chi connectivity index (χ4n) is 3.07. The van der Waals surface area contributed by atoms with Crippen molar-refractivity contribution in [3.63, 3.8) is 0 Å². The van der Waals surface area contributed by atoms with E-state index in [1.807, 2.05) is 6.07 Å². The van der Waals surface area contributed by atoms with Gasteiger partial charge in [0.05, 0.1) is 5.52 Å². The average Bonchev–Trinajstić information content (AvgIpc) is 2.43. The van der Waals surface area contributed by atoms with Gasteiger partial charge < -0.3 is 5.73 Å². The maximum absolute atomic E-state index is 6.24. The molecule has 2 heterocycles. The third kappa shape index (κ3) is 2.13. The summed E-state index contributed by atoms with van der Waals surface area (Å²) in [6.45, 7) is 7.47. The van der Waals surface area contributed by atoms with E-state index in [1.54, 1.807) is 0 Å². The van der Waals surface area contributed by atoms with Gasteiger partial charge in [-0.1, -0.05) is 25.1 Å². The zero-order chi connectivity index (χ0) is 13.4. The topological polar surface area (TPSA) is 42.2 Å². The Balaban J connectivity index is 2.25. The lowest BCUT2D eigenvalue weighted by Crippen LogP contribution is -2.32. The van der Waals surface area contributed by atoms with Crippen molar-refractivity contribution in [1.82, 2.24) is 9.88 Å². The maximum Gasteiger partial charge on any atom is 0.0708 e. The lowest BCUT2D eigenvalue weighted by Gasteiger charge is -2.30. The van der Waals surface area contributed by atoms with Crippen molar-refractivity contribution in [2.24, 2.45) is 5.73 Å². The Labute approximate surface area is 114 Å². The lowest BCUT2D eigenvalue weighted by molar-refractivity contribution is 0.264. The molecule has 1 aromatic heterocycles. The van der Waals surface area contributed by atoms with Gasteiger partial charge in [-0.05, 0) is 30.7 Å². The summed E-state index contributed by atoms with van der Waals surface area (Å²) in [4.78, 5) is 7.31. The molecule has 0 aliphatic carbocycles. The first-order valence-electron chi connectivity index (χ1n) is 7.09. The quantitative estimate of drug-likeness (QED) is 0.897. The van der Waals surface area contributed by atoms with Gasteiger partial charge in [0.25, 0.3) is 0 Å². The number of nitrogens with two attached hydrogens (primary N) is 1. The number of hydrogen-bond donors (Lipinski definition) is 1. The number of benzene rings is 1. The fourth-order valence-corrected chi connectivity index (χ4v) is 3.07. The highest BCUT2D eigenvalue weighted by molar-refractivity contribution is 5.84. The number of para-hydroxylation sites is 1. The van der Waals surface area contributed by atoms with Crippen LogP contribution in [0.5, 0.6) is 0 Å². The number of nitrogens with zero attached hydrogens (tertiary/aromatic N) is 2. The average molecular weight is 255 g/mol. The predicted molar refractivity (Wildman–Crippen MR) is 79.0 cm³/mol. The van der Waals surface area contributed by atoms with E-state index in [4.69, 9.17) is 10.7 Å². The molecule has 0 saturated carbocycles. The van der Waals surface area contributed by atoms with Gasteiger partial charge in [0, 0.05) is 36.6 Å². The summed E-state index contributed by atoms with van der Waals surface area (Å²) in [6, 6.07) is 8.41. The Kier molecular flexibility index (Phi) is 3.25. The van der Waals surface area contributed by atoms with Crippen LogP contribution in [0.2, 0.25) is 0 Å². The molecule has 3 rings (SSSR count). The molecule has 1 aromatic carbocycles. The number of hydrogen-bond acceptors (Lipinski definition) is 3. The summed E-state index contributed by atoms with van der Waals surface area (Å²) in [5.74, 6) is 0. The Morgan fingerprint density at radius 1 is 1.37 bits per heavy atom. The van der Waals surface area contributed by atoms with Crippen molar-refractivity contribution >= 4 is 10.9 Å². The Hall–Kier alpha value is -1.45. The molecule has 1 aliphatic heterocycles. The summed E-state index contributed by atoms with van der Waals surface area (Å²) in [6.07, 6.45) is 1.04. The van der Waals surface area contributed by atoms with Crippen LogP contribution < -0.4 is 5.73 Å². The molecule has 100 valence electrons. The van der Waals surface area contributed by atoms with Crippen LogP contribution >= 0.6 is 0 Å². The fraction of sp³-hybridized carbons (Fsp3) is 0.438. The van der Waals surface area contributed by atoms with Gasteiger partial charge in [-0.15, -0.1) is 0 Å². The zero-order valence-electron chi connectivity index (χ0n) is 11.7. The van der Waals surface area contributed by atoms with Crippen LogP contribution in [0.1, 0.15) is 36.7 Å². The predicted octanol–water partition coefficient (Wildman–Crippen LogP) is 2.63. The lowest BCUT2D eigenvalue weighted by atomic mass is 9.92. The summed E-state index contributed by atoms with van der Waals surface area (Å²) in [7, 11) is 0. The molecule has 3 heteroatoms. The second-order valence-corrected chi connectivity index (χ2v) is 5.38. The first-order valence-corrected chi connectivity index (χ1v) is 7.09. The van der Waals surface area contributed by atoms with E-state index >= 15 is 0 Å². The highest BCUT2D eigenvalue weighted by atomic mass is 15.1. The maximum atomic E-state index is 6.24. The standard InChI is InChI=1S/C16H21N3/c1-3-19-9-8-15-13(10-19)16(11(2)17)12-6-4-5-7-14(12)18-15/h4-7,11H,3,8-10,17H2,1-2H3. The largest absolute Gasteiger partial charge is 0.324 e. The summed E-state index contributed by atoms with van der Waals surface area (Å²) in [5, 5.41) is 1.22. The second-order valence-electron chi connectivity index (χ2n) is 5.38. The van der Waals surface area contributed by atoms with Crippen molar-refractivity contribution in [1.29, 1.82) is 0 Å². The van der Waals surface area contributed by atoms with E-state index in [0.717, 1.165) is 31.6 Å². The highest BCUT2D eigenvalue weighted by Crippen LogP contribution is 2.31. The van der Waals surface area contributed by atoms with Crippen LogP contribution in [0, 0.1) is 0 Å². The molecule has 0 radical (unpaired) electrons. The molecule has 2 aromatic rings. The van der Waals surface area contributed by atoms with E-state index in [2.05, 4.69) is 36.9 Å². The molecule has 0 spiro atoms. The van der Waals surface area contributed by atoms with Crippen molar-refractivity contribution < 1.29 is 0 Å². The van der Waals surface area contributed by atoms with Crippen molar-refractivity contribution in [3.05, 3.63) is 41.1 Å². The van der Waals surface area contributed by atoms with Crippen LogP contribution in [0.15, 0.2) is 24.3 Å². The Morgan fingerprint density at radius 3 is 2.89 bits per heavy atom. The molecule has 0 amide bonds. The molecule has 0 fully saturated rings. The first kappa shape index (κ1) is 12.6. The summed E-state index contributed by atoms with van der Waals surface area (Å²) in [5.41, 5.74) is 11.2. The van der Waals surface area contributed by atoms with E-state index in [0.29, 0.717) is 0 Å². The van der Waals surface area contributed by atoms with Crippen LogP contribution in [0.25, 0.3) is 10.9 Å². The van der Waals surface area contributed by atoms with Gasteiger partial charge in [-0.3, -0.25) is 9.88 Å². The van der Waals surface area contributed by atoms with Gasteiger partial charge in [-0.25, -0.2) is 0 Å². The van der Waals surface area contributed by atoms with Crippen LogP contribution in [-0.4, -0.2) is 23.0 Å². The van der Waals surface area contributed by atoms with E-state index in [1.165, 1.54) is 22.2 Å². The monoisotopic (exact) mass is 255 g/mol. The molecular formula is C16H21N3. The van der Waals surface area contributed by atoms with Crippen LogP contribution in [-0.2, 0) is 13.0 Å². The molecule has 2 N–H and O–H groups in total. The summed E-state index contributed by atoms with van der Waals surface area (Å²) < 4.78 is 0. The first-order chi connectivity index (χ1) is 9.20. The SMILES string of the molecule is CCN1CCc2nc3ccccc3c(C(C)N)c2C1. The van der Waals surface area contributed by atoms with E-state index in [9.17, 15) is 0 Å². The molecule has 1 unspecified atom stereocenters. The van der Waals surface area contributed by atoms with Gasteiger partial charge in [0.2, 0.25) is 0 Å². The minimum Gasteiger partial charge on any atom is -0.324 e. The van der Waals surface area contributed by atoms with Crippen molar-refractivity contribution in [3.8, 4) is 0 Å². The Bertz CT molecular complexity index is 604. The minimum absolute atomic E-state index is 0.0541. The van der Waals surface area contributed by atoms with Crippen molar-refractivity contribution in [2.45, 2.75) is 32.9 Å². The second kappa shape index (κ2) is 4.91. The van der Waals surface area contributed by atoms with Crippen LogP contribution in [0.3, 0.4) is 0 Å². The molecule has 1 aliphatic rings. The molecule has 0 saturated heterocycles. The third-order valence-corrected chi connectivity index (χ3v) is 4.07. The van der Waals surface area contributed by atoms with E-state index < -0.39 is 0 Å². The summed E-state index contributed by atoms with van der Waals surface area (Å²) >= 11 is 0. The van der Waals surface area contributed by atoms with E-state index in [-0.39, 0.29) is 6.04 Å². The number of pyridine rings is 1. The minimum atomic E-state index is 0.0541. The Morgan fingerprint density at radius 2 is 2.16 bits per heavy atom. The van der Waals surface area contributed by atoms with Gasteiger partial charge >= 0.3 is 0 Å². The highest BCUT2D eigenvalue weighted by Gasteiger charge is 2.22. The van der Waals surface area contributed by atoms with Gasteiger partial charge in [-0.2, -0.15) is 0 Å². The molecular weight excluding hydrogens is 234 g/mol. The molecule has 0 bridgehead atoms. The van der Waals surface area contributed by atoms with Crippen LogP contribution in [0.4, 0.5) is 0 Å². The number of fused-ring (bicyclic) bond motifs is 2. The van der Waals surface area contributed by atoms with Gasteiger partial charge in [0.1, 0.15) is 0 Å². The molecule has 1 atom stereocenters. The number of rotatable bonds is 2. The normalized spacial score (nSPS) is 17.4. The third-order valence-electron chi connectivity index (χ3n) is 4.07. The van der Waals surface area contributed by atoms with Gasteiger partial charge in [0.15, 0.2) is 0 Å². The smallest absolute Gasteiger partial charge is 0.0708 e. The zero-order valence-corrected chi connectivity index (χ0v) is 11.7. The number of aromatic nitrogens is 1. The molecule has 19 heavy (non-hydrogen) atoms. The van der Waals surface area contributed by atoms with Crippen molar-refractivity contribution in [2.75, 3.05) is 13.1 Å². The molecule has 3 nitrogen and oxygen atoms in total. The number of likely N-dealkylation sites (N-methyl/N-ethyl adjacent to an activating group) is 1.